The third kappa shape index (κ3) is 3.46. The average molecular weight is 351 g/mol. The summed E-state index contributed by atoms with van der Waals surface area (Å²) >= 11 is 0. The molecule has 7 heteroatoms. The normalized spacial score (nSPS) is 10.5. The van der Waals surface area contributed by atoms with E-state index in [1.54, 1.807) is 42.5 Å². The number of hydrogen-bond donors (Lipinski definition) is 1. The number of aromatic nitrogens is 2. The van der Waals surface area contributed by atoms with Crippen molar-refractivity contribution >= 4 is 22.6 Å². The van der Waals surface area contributed by atoms with Gasteiger partial charge in [0.05, 0.1) is 24.4 Å². The maximum atomic E-state index is 12.4. The molecule has 0 fully saturated rings. The summed E-state index contributed by atoms with van der Waals surface area (Å²) in [4.78, 5) is 40.5. The van der Waals surface area contributed by atoms with Crippen LogP contribution < -0.4 is 15.7 Å². The van der Waals surface area contributed by atoms with Crippen LogP contribution in [-0.4, -0.2) is 28.5 Å². The molecule has 0 saturated heterocycles. The van der Waals surface area contributed by atoms with E-state index in [0.29, 0.717) is 27.8 Å². The fraction of sp³-hybridized carbons (Fsp3) is 0.158. The van der Waals surface area contributed by atoms with Gasteiger partial charge in [-0.2, -0.15) is 0 Å². The molecule has 1 aromatic heterocycles. The summed E-state index contributed by atoms with van der Waals surface area (Å²) in [5, 5.41) is 0.409. The summed E-state index contributed by atoms with van der Waals surface area (Å²) in [5.41, 5.74) is 3.74. The summed E-state index contributed by atoms with van der Waals surface area (Å²) in [6.07, 6.45) is 1.22. The number of hydrogen-bond acceptors (Lipinski definition) is 5. The lowest BCUT2D eigenvalue weighted by Gasteiger charge is -2.11. The largest absolute Gasteiger partial charge is 0.496 e. The zero-order valence-electron chi connectivity index (χ0n) is 14.4. The van der Waals surface area contributed by atoms with Crippen molar-refractivity contribution < 1.29 is 14.3 Å². The molecular weight excluding hydrogens is 334 g/mol. The quantitative estimate of drug-likeness (QED) is 0.709. The van der Waals surface area contributed by atoms with Gasteiger partial charge in [-0.25, -0.2) is 9.66 Å². The number of ether oxygens (including phenoxy) is 1. The summed E-state index contributed by atoms with van der Waals surface area (Å²) < 4.78 is 6.29. The highest BCUT2D eigenvalue weighted by Gasteiger charge is 2.13. The molecule has 0 saturated carbocycles. The monoisotopic (exact) mass is 351 g/mol. The number of nitrogens with one attached hydrogen (secondary N) is 1. The van der Waals surface area contributed by atoms with Crippen molar-refractivity contribution in [2.24, 2.45) is 0 Å². The fourth-order valence-corrected chi connectivity index (χ4v) is 2.63. The molecule has 1 amide bonds. The van der Waals surface area contributed by atoms with Gasteiger partial charge >= 0.3 is 0 Å². The summed E-state index contributed by atoms with van der Waals surface area (Å²) in [5.74, 6) is -0.0402. The first-order chi connectivity index (χ1) is 12.5. The Kier molecular flexibility index (Phi) is 4.79. The minimum atomic E-state index is -0.428. The SMILES string of the molecule is COc1ccc(C(C)=O)cc1CC(=O)Nn1cnc2ccccc2c1=O. The smallest absolute Gasteiger partial charge is 0.280 e. The predicted octanol–water partition coefficient (Wildman–Crippen LogP) is 1.92. The Morgan fingerprint density at radius 3 is 2.69 bits per heavy atom. The van der Waals surface area contributed by atoms with Gasteiger partial charge in [-0.15, -0.1) is 0 Å². The number of carbonyl (C=O) groups is 2. The second-order valence-electron chi connectivity index (χ2n) is 5.73. The Labute approximate surface area is 149 Å². The minimum Gasteiger partial charge on any atom is -0.496 e. The van der Waals surface area contributed by atoms with Gasteiger partial charge in [0.15, 0.2) is 5.78 Å². The molecule has 0 bridgehead atoms. The number of Topliss-reactive ketones (excluding diaryl/α,β-unsaturated/α-hetero) is 1. The van der Waals surface area contributed by atoms with Crippen molar-refractivity contribution in [3.63, 3.8) is 0 Å². The molecule has 7 nitrogen and oxygen atoms in total. The zero-order chi connectivity index (χ0) is 18.7. The highest BCUT2D eigenvalue weighted by atomic mass is 16.5. The van der Waals surface area contributed by atoms with Gasteiger partial charge in [-0.05, 0) is 37.3 Å². The number of carbonyl (C=O) groups excluding carboxylic acids is 2. The van der Waals surface area contributed by atoms with Crippen molar-refractivity contribution in [1.82, 2.24) is 9.66 Å². The third-order valence-corrected chi connectivity index (χ3v) is 3.95. The van der Waals surface area contributed by atoms with Gasteiger partial charge in [0.25, 0.3) is 5.56 Å². The number of nitrogens with zero attached hydrogens (tertiary/aromatic N) is 2. The zero-order valence-corrected chi connectivity index (χ0v) is 14.4. The third-order valence-electron chi connectivity index (χ3n) is 3.95. The molecule has 0 radical (unpaired) electrons. The second-order valence-corrected chi connectivity index (χ2v) is 5.73. The van der Waals surface area contributed by atoms with E-state index >= 15 is 0 Å². The Morgan fingerprint density at radius 2 is 1.96 bits per heavy atom. The number of ketones is 1. The van der Waals surface area contributed by atoms with Crippen molar-refractivity contribution in [3.05, 3.63) is 70.3 Å². The van der Waals surface area contributed by atoms with Crippen LogP contribution in [0.25, 0.3) is 10.9 Å². The second kappa shape index (κ2) is 7.18. The summed E-state index contributed by atoms with van der Waals surface area (Å²) in [7, 11) is 1.49. The number of para-hydroxylation sites is 1. The van der Waals surface area contributed by atoms with E-state index in [9.17, 15) is 14.4 Å². The van der Waals surface area contributed by atoms with Crippen LogP contribution >= 0.6 is 0 Å². The van der Waals surface area contributed by atoms with Crippen LogP contribution in [-0.2, 0) is 11.2 Å². The molecule has 0 spiro atoms. The molecule has 26 heavy (non-hydrogen) atoms. The molecule has 2 aromatic carbocycles. The average Bonchev–Trinajstić information content (AvgIpc) is 2.64. The van der Waals surface area contributed by atoms with Gasteiger partial charge in [0.2, 0.25) is 5.91 Å². The summed E-state index contributed by atoms with van der Waals surface area (Å²) in [6, 6.07) is 11.8. The Hall–Kier alpha value is -3.48. The van der Waals surface area contributed by atoms with Gasteiger partial charge in [0, 0.05) is 11.1 Å². The van der Waals surface area contributed by atoms with Crippen molar-refractivity contribution in [1.29, 1.82) is 0 Å². The van der Waals surface area contributed by atoms with Crippen LogP contribution in [0.4, 0.5) is 0 Å². The molecule has 1 N–H and O–H groups in total. The first-order valence-electron chi connectivity index (χ1n) is 7.93. The molecular formula is C19H17N3O4. The van der Waals surface area contributed by atoms with Crippen LogP contribution in [0, 0.1) is 0 Å². The topological polar surface area (TPSA) is 90.3 Å². The highest BCUT2D eigenvalue weighted by Crippen LogP contribution is 2.21. The molecule has 3 rings (SSSR count). The summed E-state index contributed by atoms with van der Waals surface area (Å²) in [6.45, 7) is 1.45. The van der Waals surface area contributed by atoms with E-state index < -0.39 is 5.91 Å². The van der Waals surface area contributed by atoms with Crippen LogP contribution in [0.5, 0.6) is 5.75 Å². The molecule has 0 aliphatic carbocycles. The lowest BCUT2D eigenvalue weighted by atomic mass is 10.0. The molecule has 0 unspecified atom stereocenters. The van der Waals surface area contributed by atoms with Crippen LogP contribution in [0.3, 0.4) is 0 Å². The van der Waals surface area contributed by atoms with E-state index in [2.05, 4.69) is 10.4 Å². The molecule has 0 atom stereocenters. The molecule has 132 valence electrons. The number of fused-ring (bicyclic) bond motifs is 1. The Balaban J connectivity index is 1.86. The Morgan fingerprint density at radius 1 is 1.19 bits per heavy atom. The van der Waals surface area contributed by atoms with E-state index in [0.717, 1.165) is 4.68 Å². The molecule has 3 aromatic rings. The standard InChI is InChI=1S/C19H17N3O4/c1-12(23)13-7-8-17(26-2)14(9-13)10-18(24)21-22-11-20-16-6-4-3-5-15(16)19(22)25/h3-9,11H,10H2,1-2H3,(H,21,24). The first kappa shape index (κ1) is 17.3. The number of benzene rings is 2. The maximum Gasteiger partial charge on any atom is 0.280 e. The van der Waals surface area contributed by atoms with E-state index in [1.165, 1.54) is 20.4 Å². The van der Waals surface area contributed by atoms with E-state index in [4.69, 9.17) is 4.74 Å². The minimum absolute atomic E-state index is 0.0520. The fourth-order valence-electron chi connectivity index (χ4n) is 2.63. The lowest BCUT2D eigenvalue weighted by Crippen LogP contribution is -2.34. The van der Waals surface area contributed by atoms with Crippen LogP contribution in [0.1, 0.15) is 22.8 Å². The van der Waals surface area contributed by atoms with Gasteiger partial charge in [-0.1, -0.05) is 12.1 Å². The number of amides is 1. The number of rotatable bonds is 5. The van der Waals surface area contributed by atoms with Gasteiger partial charge < -0.3 is 4.74 Å². The van der Waals surface area contributed by atoms with E-state index in [1.807, 2.05) is 0 Å². The Bertz CT molecular complexity index is 1060. The van der Waals surface area contributed by atoms with Crippen molar-refractivity contribution in [2.45, 2.75) is 13.3 Å². The van der Waals surface area contributed by atoms with Gasteiger partial charge in [-0.3, -0.25) is 19.8 Å². The maximum absolute atomic E-state index is 12.4. The predicted molar refractivity (Wildman–Crippen MR) is 97.1 cm³/mol. The number of methoxy groups -OCH3 is 1. The molecule has 0 aliphatic heterocycles. The van der Waals surface area contributed by atoms with Crippen LogP contribution in [0.2, 0.25) is 0 Å². The highest BCUT2D eigenvalue weighted by molar-refractivity contribution is 5.95. The van der Waals surface area contributed by atoms with Gasteiger partial charge in [0.1, 0.15) is 12.1 Å². The lowest BCUT2D eigenvalue weighted by molar-refractivity contribution is -0.116. The molecule has 0 aliphatic rings. The van der Waals surface area contributed by atoms with Crippen LogP contribution in [0.15, 0.2) is 53.6 Å². The van der Waals surface area contributed by atoms with E-state index in [-0.39, 0.29) is 17.8 Å². The first-order valence-corrected chi connectivity index (χ1v) is 7.93. The molecule has 1 heterocycles. The van der Waals surface area contributed by atoms with Crippen molar-refractivity contribution in [2.75, 3.05) is 12.5 Å². The van der Waals surface area contributed by atoms with Crippen molar-refractivity contribution in [3.8, 4) is 5.75 Å².